The molecule has 1 atom stereocenters. The lowest BCUT2D eigenvalue weighted by Gasteiger charge is -2.37. The molecule has 94 valence electrons. The van der Waals surface area contributed by atoms with Crippen LogP contribution in [0.1, 0.15) is 33.1 Å². The fourth-order valence-electron chi connectivity index (χ4n) is 2.43. The first-order chi connectivity index (χ1) is 7.67. The van der Waals surface area contributed by atoms with E-state index >= 15 is 0 Å². The van der Waals surface area contributed by atoms with Crippen molar-refractivity contribution in [2.45, 2.75) is 39.2 Å². The van der Waals surface area contributed by atoms with Gasteiger partial charge in [-0.05, 0) is 32.5 Å². The number of likely N-dealkylation sites (tertiary alicyclic amines) is 1. The van der Waals surface area contributed by atoms with E-state index in [1.807, 2.05) is 0 Å². The van der Waals surface area contributed by atoms with Crippen molar-refractivity contribution < 1.29 is 9.90 Å². The van der Waals surface area contributed by atoms with Gasteiger partial charge in [-0.3, -0.25) is 9.69 Å². The molecule has 4 heteroatoms. The first kappa shape index (κ1) is 13.5. The highest BCUT2D eigenvalue weighted by Gasteiger charge is 2.25. The topological polar surface area (TPSA) is 43.8 Å². The Morgan fingerprint density at radius 1 is 1.38 bits per heavy atom. The fraction of sp³-hybridized carbons (Fsp3) is 0.917. The summed E-state index contributed by atoms with van der Waals surface area (Å²) < 4.78 is 0. The number of carboxylic acid groups (broad SMARTS) is 1. The highest BCUT2D eigenvalue weighted by molar-refractivity contribution is 5.69. The molecule has 1 unspecified atom stereocenters. The third-order valence-electron chi connectivity index (χ3n) is 3.45. The minimum absolute atomic E-state index is 0.200. The Morgan fingerprint density at radius 2 is 2.06 bits per heavy atom. The van der Waals surface area contributed by atoms with Crippen LogP contribution in [0.2, 0.25) is 0 Å². The Labute approximate surface area is 98.2 Å². The fourth-order valence-corrected chi connectivity index (χ4v) is 2.43. The summed E-state index contributed by atoms with van der Waals surface area (Å²) in [5.41, 5.74) is 0. The first-order valence-corrected chi connectivity index (χ1v) is 6.35. The number of aliphatic carboxylic acids is 1. The average molecular weight is 228 g/mol. The number of rotatable bonds is 6. The lowest BCUT2D eigenvalue weighted by Crippen LogP contribution is -2.48. The van der Waals surface area contributed by atoms with Crippen LogP contribution < -0.4 is 0 Å². The molecule has 1 fully saturated rings. The summed E-state index contributed by atoms with van der Waals surface area (Å²) in [6, 6.07) is 0.435. The van der Waals surface area contributed by atoms with Crippen LogP contribution in [0.25, 0.3) is 0 Å². The van der Waals surface area contributed by atoms with E-state index in [-0.39, 0.29) is 6.54 Å². The summed E-state index contributed by atoms with van der Waals surface area (Å²) in [4.78, 5) is 15.3. The molecule has 0 aromatic rings. The smallest absolute Gasteiger partial charge is 0.317 e. The van der Waals surface area contributed by atoms with Gasteiger partial charge in [0, 0.05) is 12.6 Å². The highest BCUT2D eigenvalue weighted by Crippen LogP contribution is 2.17. The second-order valence-corrected chi connectivity index (χ2v) is 4.50. The van der Waals surface area contributed by atoms with Crippen molar-refractivity contribution in [3.05, 3.63) is 0 Å². The van der Waals surface area contributed by atoms with Crippen molar-refractivity contribution in [2.75, 3.05) is 32.7 Å². The maximum atomic E-state index is 10.8. The van der Waals surface area contributed by atoms with Gasteiger partial charge < -0.3 is 10.0 Å². The van der Waals surface area contributed by atoms with E-state index < -0.39 is 5.97 Å². The van der Waals surface area contributed by atoms with Crippen LogP contribution in [0, 0.1) is 0 Å². The van der Waals surface area contributed by atoms with Crippen LogP contribution in [0.15, 0.2) is 0 Å². The van der Waals surface area contributed by atoms with Gasteiger partial charge in [0.2, 0.25) is 0 Å². The molecule has 0 aliphatic carbocycles. The summed E-state index contributed by atoms with van der Waals surface area (Å²) in [7, 11) is 0. The van der Waals surface area contributed by atoms with Crippen molar-refractivity contribution in [1.82, 2.24) is 9.80 Å². The van der Waals surface area contributed by atoms with Gasteiger partial charge in [0.05, 0.1) is 6.54 Å². The van der Waals surface area contributed by atoms with Crippen molar-refractivity contribution >= 4 is 5.97 Å². The summed E-state index contributed by atoms with van der Waals surface area (Å²) >= 11 is 0. The zero-order valence-corrected chi connectivity index (χ0v) is 10.5. The van der Waals surface area contributed by atoms with E-state index in [1.165, 1.54) is 6.42 Å². The normalized spacial score (nSPS) is 22.6. The third kappa shape index (κ3) is 4.10. The van der Waals surface area contributed by atoms with Crippen LogP contribution in [0.4, 0.5) is 0 Å². The largest absolute Gasteiger partial charge is 0.480 e. The molecule has 1 saturated heterocycles. The number of nitrogens with zero attached hydrogens (tertiary/aromatic N) is 2. The predicted molar refractivity (Wildman–Crippen MR) is 64.6 cm³/mol. The number of carboxylic acids is 1. The van der Waals surface area contributed by atoms with Crippen LogP contribution in [-0.2, 0) is 4.79 Å². The molecule has 1 N–H and O–H groups in total. The summed E-state index contributed by atoms with van der Waals surface area (Å²) in [5.74, 6) is -0.702. The van der Waals surface area contributed by atoms with Gasteiger partial charge in [0.1, 0.15) is 0 Å². The molecule has 1 aliphatic heterocycles. The molecule has 4 nitrogen and oxygen atoms in total. The van der Waals surface area contributed by atoms with E-state index in [0.29, 0.717) is 6.04 Å². The van der Waals surface area contributed by atoms with Gasteiger partial charge in [-0.1, -0.05) is 20.3 Å². The van der Waals surface area contributed by atoms with Crippen LogP contribution in [-0.4, -0.2) is 59.6 Å². The molecule has 1 heterocycles. The summed E-state index contributed by atoms with van der Waals surface area (Å²) in [6.45, 7) is 8.58. The zero-order valence-electron chi connectivity index (χ0n) is 10.5. The van der Waals surface area contributed by atoms with E-state index in [4.69, 9.17) is 5.11 Å². The third-order valence-corrected chi connectivity index (χ3v) is 3.45. The molecular formula is C12H24N2O2. The van der Waals surface area contributed by atoms with Crippen LogP contribution in [0.5, 0.6) is 0 Å². The summed E-state index contributed by atoms with van der Waals surface area (Å²) in [6.07, 6.45) is 3.52. The van der Waals surface area contributed by atoms with Crippen molar-refractivity contribution in [3.8, 4) is 0 Å². The Hall–Kier alpha value is -0.610. The summed E-state index contributed by atoms with van der Waals surface area (Å²) in [5, 5.41) is 8.88. The highest BCUT2D eigenvalue weighted by atomic mass is 16.4. The zero-order chi connectivity index (χ0) is 12.0. The number of likely N-dealkylation sites (N-methyl/N-ethyl adjacent to an activating group) is 1. The SMILES string of the molecule is CCN(CC)CC1CCCCN1CC(=O)O. The Bertz CT molecular complexity index is 217. The second-order valence-electron chi connectivity index (χ2n) is 4.50. The van der Waals surface area contributed by atoms with E-state index in [9.17, 15) is 4.79 Å². The molecule has 1 rings (SSSR count). The molecule has 0 bridgehead atoms. The van der Waals surface area contributed by atoms with Gasteiger partial charge in [-0.15, -0.1) is 0 Å². The molecule has 1 aliphatic rings. The average Bonchev–Trinajstić information content (AvgIpc) is 2.27. The standard InChI is InChI=1S/C12H24N2O2/c1-3-13(4-2)9-11-7-5-6-8-14(11)10-12(15)16/h11H,3-10H2,1-2H3,(H,15,16). The van der Waals surface area contributed by atoms with Gasteiger partial charge >= 0.3 is 5.97 Å². The maximum absolute atomic E-state index is 10.8. The Morgan fingerprint density at radius 3 is 2.62 bits per heavy atom. The predicted octanol–water partition coefficient (Wildman–Crippen LogP) is 1.27. The Balaban J connectivity index is 2.48. The van der Waals surface area contributed by atoms with Crippen LogP contribution in [0.3, 0.4) is 0 Å². The molecule has 0 aromatic heterocycles. The van der Waals surface area contributed by atoms with Crippen LogP contribution >= 0.6 is 0 Å². The van der Waals surface area contributed by atoms with Gasteiger partial charge in [-0.2, -0.15) is 0 Å². The monoisotopic (exact) mass is 228 g/mol. The van der Waals surface area contributed by atoms with E-state index in [2.05, 4.69) is 23.6 Å². The molecule has 16 heavy (non-hydrogen) atoms. The number of hydrogen-bond acceptors (Lipinski definition) is 3. The van der Waals surface area contributed by atoms with E-state index in [0.717, 1.165) is 39.0 Å². The minimum atomic E-state index is -0.702. The van der Waals surface area contributed by atoms with Gasteiger partial charge in [0.25, 0.3) is 0 Å². The van der Waals surface area contributed by atoms with Crippen molar-refractivity contribution in [2.24, 2.45) is 0 Å². The molecule has 0 radical (unpaired) electrons. The first-order valence-electron chi connectivity index (χ1n) is 6.35. The lowest BCUT2D eigenvalue weighted by atomic mass is 10.0. The lowest BCUT2D eigenvalue weighted by molar-refractivity contribution is -0.139. The number of hydrogen-bond donors (Lipinski definition) is 1. The van der Waals surface area contributed by atoms with Crippen molar-refractivity contribution in [1.29, 1.82) is 0 Å². The number of carbonyl (C=O) groups is 1. The molecule has 0 saturated carbocycles. The quantitative estimate of drug-likeness (QED) is 0.743. The molecule has 0 amide bonds. The van der Waals surface area contributed by atoms with Gasteiger partial charge in [-0.25, -0.2) is 0 Å². The van der Waals surface area contributed by atoms with E-state index in [1.54, 1.807) is 0 Å². The molecule has 0 spiro atoms. The maximum Gasteiger partial charge on any atom is 0.317 e. The Kier molecular flexibility index (Phi) is 5.77. The second kappa shape index (κ2) is 6.86. The van der Waals surface area contributed by atoms with Gasteiger partial charge in [0.15, 0.2) is 0 Å². The number of piperidine rings is 1. The molecular weight excluding hydrogens is 204 g/mol. The molecule has 0 aromatic carbocycles. The van der Waals surface area contributed by atoms with Crippen molar-refractivity contribution in [3.63, 3.8) is 0 Å². The minimum Gasteiger partial charge on any atom is -0.480 e.